The van der Waals surface area contributed by atoms with Gasteiger partial charge in [-0.1, -0.05) is 31.0 Å². The van der Waals surface area contributed by atoms with Crippen molar-refractivity contribution in [1.82, 2.24) is 15.2 Å². The number of ether oxygens (including phenoxy) is 1. The molecule has 2 heterocycles. The first kappa shape index (κ1) is 22.1. The van der Waals surface area contributed by atoms with Crippen molar-refractivity contribution in [1.29, 1.82) is 0 Å². The Bertz CT molecular complexity index is 1030. The number of para-hydroxylation sites is 1. The Morgan fingerprint density at radius 3 is 2.53 bits per heavy atom. The Kier molecular flexibility index (Phi) is 7.56. The molecule has 0 spiro atoms. The van der Waals surface area contributed by atoms with E-state index in [1.807, 2.05) is 54.6 Å². The molecule has 6 nitrogen and oxygen atoms in total. The average molecular weight is 433 g/mol. The number of amides is 1. The molecule has 1 aromatic heterocycles. The van der Waals surface area contributed by atoms with E-state index in [0.717, 1.165) is 35.3 Å². The zero-order valence-electron chi connectivity index (χ0n) is 18.8. The number of aromatic nitrogens is 1. The molecule has 0 unspecified atom stereocenters. The predicted octanol–water partition coefficient (Wildman–Crippen LogP) is 4.98. The fraction of sp³-hybridized carbons (Fsp3) is 0.385. The van der Waals surface area contributed by atoms with Crippen LogP contribution in [0.1, 0.15) is 42.5 Å². The van der Waals surface area contributed by atoms with E-state index in [2.05, 4.69) is 15.5 Å². The zero-order chi connectivity index (χ0) is 22.2. The summed E-state index contributed by atoms with van der Waals surface area (Å²) in [7, 11) is 1.64. The van der Waals surface area contributed by atoms with Crippen LogP contribution >= 0.6 is 0 Å². The van der Waals surface area contributed by atoms with Gasteiger partial charge in [-0.25, -0.2) is 4.98 Å². The van der Waals surface area contributed by atoms with Crippen LogP contribution in [-0.4, -0.2) is 49.1 Å². The second-order valence-corrected chi connectivity index (χ2v) is 8.29. The molecule has 0 atom stereocenters. The summed E-state index contributed by atoms with van der Waals surface area (Å²) in [5.41, 5.74) is 2.32. The van der Waals surface area contributed by atoms with Crippen LogP contribution in [0, 0.1) is 0 Å². The van der Waals surface area contributed by atoms with E-state index in [-0.39, 0.29) is 5.91 Å². The molecule has 2 N–H and O–H groups in total. The molecule has 32 heavy (non-hydrogen) atoms. The van der Waals surface area contributed by atoms with Gasteiger partial charge >= 0.3 is 0 Å². The van der Waals surface area contributed by atoms with Crippen molar-refractivity contribution < 1.29 is 9.53 Å². The predicted molar refractivity (Wildman–Crippen MR) is 130 cm³/mol. The summed E-state index contributed by atoms with van der Waals surface area (Å²) >= 11 is 0. The van der Waals surface area contributed by atoms with Gasteiger partial charge < -0.3 is 20.3 Å². The molecule has 1 aliphatic heterocycles. The number of carbonyl (C=O) groups is 1. The van der Waals surface area contributed by atoms with Gasteiger partial charge in [0.25, 0.3) is 5.91 Å². The Hall–Kier alpha value is -3.12. The SMILES string of the molecule is COc1ccc(Nc2cc(C(=O)NCCCN3CCCCCC3)c3ccccc3n2)cc1. The number of anilines is 2. The minimum absolute atomic E-state index is 0.0581. The van der Waals surface area contributed by atoms with E-state index >= 15 is 0 Å². The molecule has 0 bridgehead atoms. The number of benzene rings is 2. The van der Waals surface area contributed by atoms with Crippen LogP contribution in [0.5, 0.6) is 5.75 Å². The molecule has 1 fully saturated rings. The zero-order valence-corrected chi connectivity index (χ0v) is 18.8. The first-order valence-corrected chi connectivity index (χ1v) is 11.5. The number of nitrogens with one attached hydrogen (secondary N) is 2. The summed E-state index contributed by atoms with van der Waals surface area (Å²) in [5, 5.41) is 7.28. The van der Waals surface area contributed by atoms with Gasteiger partial charge in [-0.15, -0.1) is 0 Å². The van der Waals surface area contributed by atoms with Gasteiger partial charge in [0.2, 0.25) is 0 Å². The van der Waals surface area contributed by atoms with Crippen LogP contribution in [0.4, 0.5) is 11.5 Å². The maximum Gasteiger partial charge on any atom is 0.252 e. The Morgan fingerprint density at radius 1 is 1.03 bits per heavy atom. The number of rotatable bonds is 8. The lowest BCUT2D eigenvalue weighted by Crippen LogP contribution is -2.30. The minimum Gasteiger partial charge on any atom is -0.497 e. The number of likely N-dealkylation sites (tertiary alicyclic amines) is 1. The van der Waals surface area contributed by atoms with Crippen LogP contribution in [0.2, 0.25) is 0 Å². The van der Waals surface area contributed by atoms with E-state index in [1.165, 1.54) is 38.8 Å². The van der Waals surface area contributed by atoms with Crippen molar-refractivity contribution in [2.24, 2.45) is 0 Å². The van der Waals surface area contributed by atoms with E-state index in [9.17, 15) is 4.79 Å². The summed E-state index contributed by atoms with van der Waals surface area (Å²) in [6.07, 6.45) is 6.23. The van der Waals surface area contributed by atoms with Crippen molar-refractivity contribution in [3.05, 3.63) is 60.2 Å². The molecule has 0 saturated carbocycles. The van der Waals surface area contributed by atoms with Crippen LogP contribution in [0.25, 0.3) is 10.9 Å². The van der Waals surface area contributed by atoms with Gasteiger partial charge in [0.1, 0.15) is 11.6 Å². The van der Waals surface area contributed by atoms with Gasteiger partial charge in [0.05, 0.1) is 18.2 Å². The van der Waals surface area contributed by atoms with Crippen molar-refractivity contribution in [2.45, 2.75) is 32.1 Å². The van der Waals surface area contributed by atoms with Gasteiger partial charge in [-0.3, -0.25) is 4.79 Å². The first-order chi connectivity index (χ1) is 15.7. The normalized spacial score (nSPS) is 14.7. The van der Waals surface area contributed by atoms with Crippen LogP contribution in [0.3, 0.4) is 0 Å². The Labute approximate surface area is 190 Å². The molecule has 168 valence electrons. The summed E-state index contributed by atoms with van der Waals surface area (Å²) in [6.45, 7) is 4.08. The molecule has 2 aromatic carbocycles. The largest absolute Gasteiger partial charge is 0.497 e. The standard InChI is InChI=1S/C26H32N4O2/c1-32-21-13-11-20(12-14-21)28-25-19-23(22-9-4-5-10-24(22)29-25)26(31)27-15-8-18-30-16-6-2-3-7-17-30/h4-5,9-14,19H,2-3,6-8,15-18H2,1H3,(H,27,31)(H,28,29). The van der Waals surface area contributed by atoms with Gasteiger partial charge in [-0.05, 0) is 75.3 Å². The molecule has 6 heteroatoms. The van der Waals surface area contributed by atoms with Gasteiger partial charge in [0, 0.05) is 17.6 Å². The third-order valence-corrected chi connectivity index (χ3v) is 5.96. The molecule has 1 saturated heterocycles. The van der Waals surface area contributed by atoms with Crippen LogP contribution < -0.4 is 15.4 Å². The second kappa shape index (κ2) is 11.0. The third kappa shape index (κ3) is 5.77. The Morgan fingerprint density at radius 2 is 1.78 bits per heavy atom. The smallest absolute Gasteiger partial charge is 0.252 e. The average Bonchev–Trinajstić information content (AvgIpc) is 3.10. The second-order valence-electron chi connectivity index (χ2n) is 8.29. The number of pyridine rings is 1. The number of carbonyl (C=O) groups excluding carboxylic acids is 1. The maximum atomic E-state index is 13.1. The fourth-order valence-electron chi connectivity index (χ4n) is 4.21. The van der Waals surface area contributed by atoms with E-state index in [4.69, 9.17) is 9.72 Å². The quantitative estimate of drug-likeness (QED) is 0.491. The van der Waals surface area contributed by atoms with Crippen molar-refractivity contribution in [3.8, 4) is 5.75 Å². The lowest BCUT2D eigenvalue weighted by Gasteiger charge is -2.19. The fourth-order valence-corrected chi connectivity index (χ4v) is 4.21. The van der Waals surface area contributed by atoms with Gasteiger partial charge in [-0.2, -0.15) is 0 Å². The maximum absolute atomic E-state index is 13.1. The van der Waals surface area contributed by atoms with Crippen molar-refractivity contribution in [2.75, 3.05) is 38.6 Å². The lowest BCUT2D eigenvalue weighted by molar-refractivity contribution is 0.0953. The van der Waals surface area contributed by atoms with E-state index in [1.54, 1.807) is 7.11 Å². The molecule has 4 rings (SSSR count). The lowest BCUT2D eigenvalue weighted by atomic mass is 10.1. The summed E-state index contributed by atoms with van der Waals surface area (Å²) < 4.78 is 5.22. The number of hydrogen-bond donors (Lipinski definition) is 2. The van der Waals surface area contributed by atoms with E-state index < -0.39 is 0 Å². The number of hydrogen-bond acceptors (Lipinski definition) is 5. The Balaban J connectivity index is 1.43. The highest BCUT2D eigenvalue weighted by atomic mass is 16.5. The highest BCUT2D eigenvalue weighted by Gasteiger charge is 2.14. The molecule has 1 aliphatic rings. The van der Waals surface area contributed by atoms with Crippen molar-refractivity contribution >= 4 is 28.3 Å². The molecule has 1 amide bonds. The van der Waals surface area contributed by atoms with E-state index in [0.29, 0.717) is 17.9 Å². The third-order valence-electron chi connectivity index (χ3n) is 5.96. The topological polar surface area (TPSA) is 66.5 Å². The van der Waals surface area contributed by atoms with Crippen LogP contribution in [0.15, 0.2) is 54.6 Å². The number of nitrogens with zero attached hydrogens (tertiary/aromatic N) is 2. The molecule has 0 aliphatic carbocycles. The summed E-state index contributed by atoms with van der Waals surface area (Å²) in [5.74, 6) is 1.38. The number of methoxy groups -OCH3 is 1. The minimum atomic E-state index is -0.0581. The number of fused-ring (bicyclic) bond motifs is 1. The molecular weight excluding hydrogens is 400 g/mol. The van der Waals surface area contributed by atoms with Crippen molar-refractivity contribution in [3.63, 3.8) is 0 Å². The monoisotopic (exact) mass is 432 g/mol. The highest BCUT2D eigenvalue weighted by molar-refractivity contribution is 6.07. The molecule has 0 radical (unpaired) electrons. The molecular formula is C26H32N4O2. The highest BCUT2D eigenvalue weighted by Crippen LogP contribution is 2.24. The summed E-state index contributed by atoms with van der Waals surface area (Å²) in [6, 6.07) is 17.2. The van der Waals surface area contributed by atoms with Gasteiger partial charge in [0.15, 0.2) is 0 Å². The summed E-state index contributed by atoms with van der Waals surface area (Å²) in [4.78, 5) is 20.3. The first-order valence-electron chi connectivity index (χ1n) is 11.5. The van der Waals surface area contributed by atoms with Crippen LogP contribution in [-0.2, 0) is 0 Å². The molecule has 3 aromatic rings.